The molecule has 114 valence electrons. The van der Waals surface area contributed by atoms with Crippen molar-refractivity contribution in [2.24, 2.45) is 0 Å². The van der Waals surface area contributed by atoms with Crippen LogP contribution < -0.4 is 5.32 Å². The third-order valence-electron chi connectivity index (χ3n) is 3.60. The number of nitrogens with one attached hydrogen (secondary N) is 1. The summed E-state index contributed by atoms with van der Waals surface area (Å²) < 4.78 is 1.94. The Morgan fingerprint density at radius 2 is 2.00 bits per heavy atom. The topological polar surface area (TPSA) is 29.9 Å². The van der Waals surface area contributed by atoms with E-state index in [0.29, 0.717) is 6.04 Å². The lowest BCUT2D eigenvalue weighted by Gasteiger charge is -2.11. The smallest absolute Gasteiger partial charge is 0.0645 e. The molecule has 0 spiro atoms. The van der Waals surface area contributed by atoms with Gasteiger partial charge in [0.15, 0.2) is 0 Å². The standard InChI is InChI=1S/C17H25N3S/c1-15(18-11-7-4-8-12-21-2)16-13-19-20(14-16)17-9-5-3-6-10-17/h3,5-6,9-10,13-15,18H,4,7-8,11-12H2,1-2H3. The van der Waals surface area contributed by atoms with Crippen molar-refractivity contribution in [1.29, 1.82) is 0 Å². The fourth-order valence-electron chi connectivity index (χ4n) is 2.27. The van der Waals surface area contributed by atoms with Crippen LogP contribution in [0.1, 0.15) is 37.8 Å². The third-order valence-corrected chi connectivity index (χ3v) is 4.30. The van der Waals surface area contributed by atoms with Crippen LogP contribution in [0, 0.1) is 0 Å². The van der Waals surface area contributed by atoms with E-state index < -0.39 is 0 Å². The molecule has 0 aliphatic carbocycles. The summed E-state index contributed by atoms with van der Waals surface area (Å²) in [7, 11) is 0. The predicted molar refractivity (Wildman–Crippen MR) is 92.2 cm³/mol. The van der Waals surface area contributed by atoms with Crippen LogP contribution in [0.3, 0.4) is 0 Å². The van der Waals surface area contributed by atoms with Gasteiger partial charge < -0.3 is 5.32 Å². The van der Waals surface area contributed by atoms with Crippen LogP contribution in [-0.4, -0.2) is 28.3 Å². The van der Waals surface area contributed by atoms with E-state index in [4.69, 9.17) is 0 Å². The summed E-state index contributed by atoms with van der Waals surface area (Å²) in [6.07, 6.45) is 10.1. The van der Waals surface area contributed by atoms with Crippen LogP contribution >= 0.6 is 11.8 Å². The van der Waals surface area contributed by atoms with Crippen LogP contribution in [0.15, 0.2) is 42.7 Å². The van der Waals surface area contributed by atoms with Crippen molar-refractivity contribution in [1.82, 2.24) is 15.1 Å². The molecule has 0 amide bonds. The molecule has 0 saturated carbocycles. The lowest BCUT2D eigenvalue weighted by Crippen LogP contribution is -2.19. The number of thioether (sulfide) groups is 1. The Morgan fingerprint density at radius 3 is 2.76 bits per heavy atom. The molecule has 0 radical (unpaired) electrons. The molecule has 0 saturated heterocycles. The number of para-hydroxylation sites is 1. The highest BCUT2D eigenvalue weighted by Crippen LogP contribution is 2.14. The van der Waals surface area contributed by atoms with Gasteiger partial charge in [-0.05, 0) is 50.5 Å². The average molecular weight is 303 g/mol. The lowest BCUT2D eigenvalue weighted by molar-refractivity contribution is 0.544. The zero-order chi connectivity index (χ0) is 14.9. The second kappa shape index (κ2) is 8.90. The number of hydrogen-bond donors (Lipinski definition) is 1. The molecule has 0 fully saturated rings. The summed E-state index contributed by atoms with van der Waals surface area (Å²) in [5, 5.41) is 8.03. The van der Waals surface area contributed by atoms with Crippen molar-refractivity contribution in [2.75, 3.05) is 18.6 Å². The first-order chi connectivity index (χ1) is 10.3. The predicted octanol–water partition coefficient (Wildman–Crippen LogP) is 4.06. The Balaban J connectivity index is 1.78. The molecule has 1 heterocycles. The van der Waals surface area contributed by atoms with Gasteiger partial charge in [-0.2, -0.15) is 16.9 Å². The maximum absolute atomic E-state index is 4.45. The fraction of sp³-hybridized carbons (Fsp3) is 0.471. The van der Waals surface area contributed by atoms with Crippen LogP contribution in [-0.2, 0) is 0 Å². The van der Waals surface area contributed by atoms with E-state index in [2.05, 4.69) is 41.9 Å². The maximum atomic E-state index is 4.45. The van der Waals surface area contributed by atoms with Gasteiger partial charge in [-0.15, -0.1) is 0 Å². The van der Waals surface area contributed by atoms with Gasteiger partial charge in [0.1, 0.15) is 0 Å². The molecule has 0 bridgehead atoms. The minimum absolute atomic E-state index is 0.350. The quantitative estimate of drug-likeness (QED) is 0.709. The Morgan fingerprint density at radius 1 is 1.19 bits per heavy atom. The maximum Gasteiger partial charge on any atom is 0.0645 e. The number of benzene rings is 1. The van der Waals surface area contributed by atoms with Gasteiger partial charge in [0.2, 0.25) is 0 Å². The average Bonchev–Trinajstić information content (AvgIpc) is 3.01. The number of unbranched alkanes of at least 4 members (excludes halogenated alkanes) is 2. The number of aromatic nitrogens is 2. The van der Waals surface area contributed by atoms with Crippen molar-refractivity contribution in [3.05, 3.63) is 48.3 Å². The molecule has 1 aromatic heterocycles. The van der Waals surface area contributed by atoms with Gasteiger partial charge in [0, 0.05) is 17.8 Å². The first kappa shape index (κ1) is 16.1. The van der Waals surface area contributed by atoms with E-state index in [0.717, 1.165) is 12.2 Å². The monoisotopic (exact) mass is 303 g/mol. The molecular weight excluding hydrogens is 278 g/mol. The summed E-state index contributed by atoms with van der Waals surface area (Å²) in [6, 6.07) is 10.6. The molecular formula is C17H25N3S. The third kappa shape index (κ3) is 5.21. The Kier molecular flexibility index (Phi) is 6.83. The Labute approximate surface area is 132 Å². The minimum atomic E-state index is 0.350. The van der Waals surface area contributed by atoms with Gasteiger partial charge in [-0.3, -0.25) is 0 Å². The molecule has 0 aliphatic heterocycles. The second-order valence-corrected chi connectivity index (χ2v) is 6.27. The van der Waals surface area contributed by atoms with E-state index in [-0.39, 0.29) is 0 Å². The summed E-state index contributed by atoms with van der Waals surface area (Å²) >= 11 is 1.93. The SMILES string of the molecule is CSCCCCCNC(C)c1cnn(-c2ccccc2)c1. The molecule has 1 atom stereocenters. The van der Waals surface area contributed by atoms with Crippen molar-refractivity contribution in [3.8, 4) is 5.69 Å². The highest BCUT2D eigenvalue weighted by molar-refractivity contribution is 7.98. The van der Waals surface area contributed by atoms with Crippen molar-refractivity contribution >= 4 is 11.8 Å². The fourth-order valence-corrected chi connectivity index (χ4v) is 2.76. The summed E-state index contributed by atoms with van der Waals surface area (Å²) in [4.78, 5) is 0. The number of rotatable bonds is 9. The van der Waals surface area contributed by atoms with E-state index in [9.17, 15) is 0 Å². The molecule has 2 rings (SSSR count). The zero-order valence-electron chi connectivity index (χ0n) is 13.0. The molecule has 3 nitrogen and oxygen atoms in total. The molecule has 0 aliphatic rings. The summed E-state index contributed by atoms with van der Waals surface area (Å²) in [6.45, 7) is 3.28. The highest BCUT2D eigenvalue weighted by Gasteiger charge is 2.07. The van der Waals surface area contributed by atoms with Crippen LogP contribution in [0.5, 0.6) is 0 Å². The van der Waals surface area contributed by atoms with Crippen LogP contribution in [0.2, 0.25) is 0 Å². The number of hydrogen-bond acceptors (Lipinski definition) is 3. The van der Waals surface area contributed by atoms with Gasteiger partial charge in [-0.1, -0.05) is 24.6 Å². The number of nitrogens with zero attached hydrogens (tertiary/aromatic N) is 2. The molecule has 4 heteroatoms. The van der Waals surface area contributed by atoms with Gasteiger partial charge in [0.25, 0.3) is 0 Å². The summed E-state index contributed by atoms with van der Waals surface area (Å²) in [5.74, 6) is 1.28. The largest absolute Gasteiger partial charge is 0.310 e. The van der Waals surface area contributed by atoms with Crippen LogP contribution in [0.25, 0.3) is 5.69 Å². The summed E-state index contributed by atoms with van der Waals surface area (Å²) in [5.41, 5.74) is 2.34. The first-order valence-electron chi connectivity index (χ1n) is 7.63. The van der Waals surface area contributed by atoms with Crippen LogP contribution in [0.4, 0.5) is 0 Å². The molecule has 21 heavy (non-hydrogen) atoms. The lowest BCUT2D eigenvalue weighted by atomic mass is 10.2. The van der Waals surface area contributed by atoms with E-state index in [1.165, 1.54) is 30.6 Å². The van der Waals surface area contributed by atoms with Crippen molar-refractivity contribution in [2.45, 2.75) is 32.2 Å². The molecule has 1 N–H and O–H groups in total. The first-order valence-corrected chi connectivity index (χ1v) is 9.03. The van der Waals surface area contributed by atoms with Gasteiger partial charge in [0.05, 0.1) is 11.9 Å². The highest BCUT2D eigenvalue weighted by atomic mass is 32.2. The van der Waals surface area contributed by atoms with E-state index >= 15 is 0 Å². The van der Waals surface area contributed by atoms with Gasteiger partial charge >= 0.3 is 0 Å². The minimum Gasteiger partial charge on any atom is -0.310 e. The molecule has 1 unspecified atom stereocenters. The van der Waals surface area contributed by atoms with Gasteiger partial charge in [-0.25, -0.2) is 4.68 Å². The Bertz CT molecular complexity index is 510. The van der Waals surface area contributed by atoms with E-state index in [1.807, 2.05) is 40.8 Å². The van der Waals surface area contributed by atoms with E-state index in [1.54, 1.807) is 0 Å². The van der Waals surface area contributed by atoms with Crippen molar-refractivity contribution in [3.63, 3.8) is 0 Å². The zero-order valence-corrected chi connectivity index (χ0v) is 13.8. The van der Waals surface area contributed by atoms with Crippen molar-refractivity contribution < 1.29 is 0 Å². The second-order valence-electron chi connectivity index (χ2n) is 5.28. The normalized spacial score (nSPS) is 12.5. The molecule has 2 aromatic rings. The molecule has 1 aromatic carbocycles. The Hall–Kier alpha value is -1.26.